The third-order valence-corrected chi connectivity index (χ3v) is 5.03. The predicted molar refractivity (Wildman–Crippen MR) is 121 cm³/mol. The Hall–Kier alpha value is -2.58. The molecule has 0 aliphatic heterocycles. The normalized spacial score (nSPS) is 12.0. The molecule has 0 saturated heterocycles. The zero-order valence-corrected chi connectivity index (χ0v) is 19.4. The van der Waals surface area contributed by atoms with Gasteiger partial charge in [0.15, 0.2) is 11.5 Å². The van der Waals surface area contributed by atoms with Crippen LogP contribution in [0.4, 0.5) is 0 Å². The second kappa shape index (κ2) is 11.0. The smallest absolute Gasteiger partial charge is 0.262 e. The van der Waals surface area contributed by atoms with Gasteiger partial charge >= 0.3 is 0 Å². The zero-order chi connectivity index (χ0) is 22.3. The number of hydrogen-bond donors (Lipinski definition) is 2. The number of rotatable bonds is 8. The maximum atomic E-state index is 12.6. The molecule has 1 atom stereocenters. The van der Waals surface area contributed by atoms with Crippen molar-refractivity contribution in [2.75, 3.05) is 14.2 Å². The van der Waals surface area contributed by atoms with Gasteiger partial charge in [-0.25, -0.2) is 5.43 Å². The van der Waals surface area contributed by atoms with Crippen molar-refractivity contribution in [1.29, 1.82) is 0 Å². The van der Waals surface area contributed by atoms with Crippen molar-refractivity contribution in [1.82, 2.24) is 10.7 Å². The molecule has 2 amide bonds. The molecule has 2 aromatic carbocycles. The number of halogens is 2. The van der Waals surface area contributed by atoms with E-state index >= 15 is 0 Å². The highest BCUT2D eigenvalue weighted by molar-refractivity contribution is 9.10. The molecule has 30 heavy (non-hydrogen) atoms. The Labute approximate surface area is 188 Å². The van der Waals surface area contributed by atoms with Crippen molar-refractivity contribution in [2.45, 2.75) is 19.9 Å². The number of carbonyl (C=O) groups excluding carboxylic acids is 2. The van der Waals surface area contributed by atoms with Crippen LogP contribution in [-0.4, -0.2) is 38.3 Å². The topological polar surface area (TPSA) is 89.0 Å². The van der Waals surface area contributed by atoms with Crippen LogP contribution in [0.2, 0.25) is 5.02 Å². The first-order valence-electron chi connectivity index (χ1n) is 9.07. The van der Waals surface area contributed by atoms with Crippen molar-refractivity contribution < 1.29 is 19.1 Å². The second-order valence-electron chi connectivity index (χ2n) is 6.67. The minimum atomic E-state index is -0.762. The first kappa shape index (κ1) is 23.7. The highest BCUT2D eigenvalue weighted by atomic mass is 79.9. The number of hydrogen-bond acceptors (Lipinski definition) is 5. The highest BCUT2D eigenvalue weighted by Crippen LogP contribution is 2.35. The lowest BCUT2D eigenvalue weighted by atomic mass is 10.0. The molecule has 9 heteroatoms. The van der Waals surface area contributed by atoms with Gasteiger partial charge in [-0.1, -0.05) is 25.4 Å². The molecule has 0 radical (unpaired) electrons. The average molecular weight is 497 g/mol. The minimum Gasteiger partial charge on any atom is -0.493 e. The maximum absolute atomic E-state index is 12.6. The van der Waals surface area contributed by atoms with Gasteiger partial charge in [0.1, 0.15) is 6.04 Å². The first-order chi connectivity index (χ1) is 14.3. The minimum absolute atomic E-state index is 0.147. The Kier molecular flexibility index (Phi) is 8.68. The molecular formula is C21H23BrClN3O4. The van der Waals surface area contributed by atoms with E-state index < -0.39 is 11.9 Å². The standard InChI is InChI=1S/C21H23BrClN3O4/c1-12(2)18(25-20(27)14-5-7-15(23)8-6-14)21(28)26-24-11-13-9-16(22)19(30-4)17(10-13)29-3/h5-12,18H,1-4H3,(H,25,27)(H,26,28)/b24-11+. The Bertz CT molecular complexity index is 933. The molecule has 1 unspecified atom stereocenters. The van der Waals surface area contributed by atoms with Crippen LogP contribution in [0.5, 0.6) is 11.5 Å². The molecule has 0 saturated carbocycles. The lowest BCUT2D eigenvalue weighted by Gasteiger charge is -2.20. The fourth-order valence-electron chi connectivity index (χ4n) is 2.61. The van der Waals surface area contributed by atoms with Gasteiger partial charge in [-0.2, -0.15) is 5.10 Å². The Morgan fingerprint density at radius 3 is 2.37 bits per heavy atom. The average Bonchev–Trinajstić information content (AvgIpc) is 2.71. The van der Waals surface area contributed by atoms with E-state index in [-0.39, 0.29) is 11.8 Å². The summed E-state index contributed by atoms with van der Waals surface area (Å²) in [5.74, 6) is 0.140. The Morgan fingerprint density at radius 1 is 1.13 bits per heavy atom. The largest absolute Gasteiger partial charge is 0.493 e. The van der Waals surface area contributed by atoms with Crippen LogP contribution in [0.25, 0.3) is 0 Å². The van der Waals surface area contributed by atoms with Gasteiger partial charge in [0.05, 0.1) is 24.9 Å². The lowest BCUT2D eigenvalue weighted by molar-refractivity contribution is -0.123. The molecule has 7 nitrogen and oxygen atoms in total. The van der Waals surface area contributed by atoms with Crippen molar-refractivity contribution in [3.05, 3.63) is 57.0 Å². The molecule has 0 aromatic heterocycles. The van der Waals surface area contributed by atoms with Crippen molar-refractivity contribution in [2.24, 2.45) is 11.0 Å². The fraction of sp³-hybridized carbons (Fsp3) is 0.286. The monoisotopic (exact) mass is 495 g/mol. The molecule has 0 bridgehead atoms. The summed E-state index contributed by atoms with van der Waals surface area (Å²) in [5, 5.41) is 7.26. The van der Waals surface area contributed by atoms with Crippen LogP contribution in [0.3, 0.4) is 0 Å². The van der Waals surface area contributed by atoms with E-state index in [9.17, 15) is 9.59 Å². The lowest BCUT2D eigenvalue weighted by Crippen LogP contribution is -2.48. The Morgan fingerprint density at radius 2 is 1.80 bits per heavy atom. The van der Waals surface area contributed by atoms with Crippen LogP contribution >= 0.6 is 27.5 Å². The third kappa shape index (κ3) is 6.21. The van der Waals surface area contributed by atoms with E-state index in [2.05, 4.69) is 31.8 Å². The van der Waals surface area contributed by atoms with E-state index in [0.29, 0.717) is 32.1 Å². The number of hydrazone groups is 1. The van der Waals surface area contributed by atoms with Crippen LogP contribution in [0.15, 0.2) is 46.0 Å². The number of benzene rings is 2. The molecule has 2 aromatic rings. The zero-order valence-electron chi connectivity index (χ0n) is 17.0. The molecule has 0 fully saturated rings. The van der Waals surface area contributed by atoms with Crippen molar-refractivity contribution in [3.8, 4) is 11.5 Å². The summed E-state index contributed by atoms with van der Waals surface area (Å²) < 4.78 is 11.2. The van der Waals surface area contributed by atoms with Gasteiger partial charge in [-0.3, -0.25) is 9.59 Å². The molecule has 2 rings (SSSR count). The van der Waals surface area contributed by atoms with Crippen LogP contribution in [0.1, 0.15) is 29.8 Å². The SMILES string of the molecule is COc1cc(/C=N/NC(=O)C(NC(=O)c2ccc(Cl)cc2)C(C)C)cc(Br)c1OC. The number of methoxy groups -OCH3 is 2. The van der Waals surface area contributed by atoms with Crippen LogP contribution < -0.4 is 20.2 Å². The van der Waals surface area contributed by atoms with Gasteiger partial charge in [-0.15, -0.1) is 0 Å². The van der Waals surface area contributed by atoms with E-state index in [0.717, 1.165) is 0 Å². The van der Waals surface area contributed by atoms with Crippen LogP contribution in [0, 0.1) is 5.92 Å². The number of nitrogens with one attached hydrogen (secondary N) is 2. The van der Waals surface area contributed by atoms with Gasteiger partial charge in [0, 0.05) is 10.6 Å². The molecule has 2 N–H and O–H groups in total. The molecule has 0 aliphatic carbocycles. The van der Waals surface area contributed by atoms with Crippen molar-refractivity contribution >= 4 is 45.6 Å². The van der Waals surface area contributed by atoms with Gasteiger partial charge in [0.25, 0.3) is 11.8 Å². The molecule has 0 heterocycles. The van der Waals surface area contributed by atoms with E-state index in [1.165, 1.54) is 13.3 Å². The Balaban J connectivity index is 2.07. The van der Waals surface area contributed by atoms with E-state index in [1.807, 2.05) is 13.8 Å². The summed E-state index contributed by atoms with van der Waals surface area (Å²) in [7, 11) is 3.07. The highest BCUT2D eigenvalue weighted by Gasteiger charge is 2.24. The molecule has 160 valence electrons. The number of ether oxygens (including phenoxy) is 2. The quantitative estimate of drug-likeness (QED) is 0.427. The van der Waals surface area contributed by atoms with Gasteiger partial charge in [0.2, 0.25) is 0 Å². The maximum Gasteiger partial charge on any atom is 0.262 e. The third-order valence-electron chi connectivity index (χ3n) is 4.19. The number of carbonyl (C=O) groups is 2. The van der Waals surface area contributed by atoms with E-state index in [4.69, 9.17) is 21.1 Å². The predicted octanol–water partition coefficient (Wildman–Crippen LogP) is 4.02. The summed E-state index contributed by atoms with van der Waals surface area (Å²) in [6, 6.07) is 9.17. The first-order valence-corrected chi connectivity index (χ1v) is 10.2. The molecule has 0 spiro atoms. The van der Waals surface area contributed by atoms with Crippen molar-refractivity contribution in [3.63, 3.8) is 0 Å². The summed E-state index contributed by atoms with van der Waals surface area (Å²) in [5.41, 5.74) is 3.57. The summed E-state index contributed by atoms with van der Waals surface area (Å²) in [4.78, 5) is 25.0. The van der Waals surface area contributed by atoms with Crippen LogP contribution in [-0.2, 0) is 4.79 Å². The summed E-state index contributed by atoms with van der Waals surface area (Å²) in [6.45, 7) is 3.67. The van der Waals surface area contributed by atoms with Gasteiger partial charge in [-0.05, 0) is 63.8 Å². The summed E-state index contributed by atoms with van der Waals surface area (Å²) >= 11 is 9.25. The molecule has 0 aliphatic rings. The number of nitrogens with zero attached hydrogens (tertiary/aromatic N) is 1. The fourth-order valence-corrected chi connectivity index (χ4v) is 3.36. The number of amides is 2. The van der Waals surface area contributed by atoms with Gasteiger partial charge < -0.3 is 14.8 Å². The molecular weight excluding hydrogens is 474 g/mol. The summed E-state index contributed by atoms with van der Waals surface area (Å²) in [6.07, 6.45) is 1.48. The second-order valence-corrected chi connectivity index (χ2v) is 7.97. The van der Waals surface area contributed by atoms with E-state index in [1.54, 1.807) is 43.5 Å².